The summed E-state index contributed by atoms with van der Waals surface area (Å²) in [7, 11) is 0. The third kappa shape index (κ3) is 1.35. The van der Waals surface area contributed by atoms with E-state index in [1.807, 2.05) is 6.92 Å². The second kappa shape index (κ2) is 3.69. The topological polar surface area (TPSA) is 36.9 Å². The van der Waals surface area contributed by atoms with Crippen molar-refractivity contribution in [2.45, 2.75) is 63.6 Å². The molecule has 6 atom stereocenters. The molecular formula is C14H22O4. The highest BCUT2D eigenvalue weighted by Crippen LogP contribution is 2.58. The quantitative estimate of drug-likeness (QED) is 0.623. The Labute approximate surface area is 108 Å². The highest BCUT2D eigenvalue weighted by Gasteiger charge is 2.66. The number of rotatable bonds is 0. The first-order valence-corrected chi connectivity index (χ1v) is 7.30. The fourth-order valence-corrected chi connectivity index (χ4v) is 4.55. The van der Waals surface area contributed by atoms with E-state index in [9.17, 15) is 0 Å². The molecule has 0 aromatic carbocycles. The molecule has 1 aliphatic carbocycles. The predicted molar refractivity (Wildman–Crippen MR) is 63.4 cm³/mol. The van der Waals surface area contributed by atoms with Gasteiger partial charge in [0.25, 0.3) is 0 Å². The van der Waals surface area contributed by atoms with Gasteiger partial charge in [-0.1, -0.05) is 6.92 Å². The number of hydrogen-bond acceptors (Lipinski definition) is 4. The lowest BCUT2D eigenvalue weighted by Crippen LogP contribution is -2.67. The van der Waals surface area contributed by atoms with Crippen molar-refractivity contribution in [3.05, 3.63) is 0 Å². The van der Waals surface area contributed by atoms with Crippen LogP contribution in [-0.4, -0.2) is 24.3 Å². The highest BCUT2D eigenvalue weighted by molar-refractivity contribution is 5.06. The van der Waals surface area contributed by atoms with E-state index >= 15 is 0 Å². The van der Waals surface area contributed by atoms with Gasteiger partial charge in [-0.2, -0.15) is 0 Å². The van der Waals surface area contributed by atoms with E-state index in [0.29, 0.717) is 17.8 Å². The minimum absolute atomic E-state index is 0.231. The summed E-state index contributed by atoms with van der Waals surface area (Å²) >= 11 is 0. The van der Waals surface area contributed by atoms with Gasteiger partial charge < -0.3 is 9.47 Å². The molecule has 0 aromatic heterocycles. The first-order chi connectivity index (χ1) is 8.64. The lowest BCUT2D eigenvalue weighted by Gasteiger charge is -2.57. The maximum atomic E-state index is 6.11. The van der Waals surface area contributed by atoms with E-state index < -0.39 is 5.79 Å². The number of hydrogen-bond donors (Lipinski definition) is 0. The molecule has 2 unspecified atom stereocenters. The third-order valence-corrected chi connectivity index (χ3v) is 5.61. The van der Waals surface area contributed by atoms with Crippen LogP contribution in [0.25, 0.3) is 0 Å². The van der Waals surface area contributed by atoms with E-state index in [2.05, 4.69) is 6.92 Å². The first kappa shape index (κ1) is 11.6. The van der Waals surface area contributed by atoms with Crippen LogP contribution in [-0.2, 0) is 19.2 Å². The van der Waals surface area contributed by atoms with Crippen LogP contribution in [0.2, 0.25) is 0 Å². The Morgan fingerprint density at radius 3 is 2.83 bits per heavy atom. The van der Waals surface area contributed by atoms with Gasteiger partial charge in [0.05, 0.1) is 6.61 Å². The molecule has 0 amide bonds. The van der Waals surface area contributed by atoms with Crippen LogP contribution in [0.15, 0.2) is 0 Å². The minimum Gasteiger partial charge on any atom is -0.349 e. The number of ether oxygens (including phenoxy) is 2. The van der Waals surface area contributed by atoms with Crippen LogP contribution in [0.3, 0.4) is 0 Å². The fraction of sp³-hybridized carbons (Fsp3) is 1.00. The van der Waals surface area contributed by atoms with Gasteiger partial charge in [0.1, 0.15) is 0 Å². The molecule has 5 aliphatic rings. The van der Waals surface area contributed by atoms with E-state index in [-0.39, 0.29) is 11.9 Å². The molecule has 4 heteroatoms. The average molecular weight is 254 g/mol. The molecule has 18 heavy (non-hydrogen) atoms. The second-order valence-corrected chi connectivity index (χ2v) is 6.66. The van der Waals surface area contributed by atoms with Crippen molar-refractivity contribution in [1.82, 2.24) is 0 Å². The minimum atomic E-state index is -0.616. The van der Waals surface area contributed by atoms with E-state index in [0.717, 1.165) is 25.9 Å². The largest absolute Gasteiger partial charge is 0.349 e. The average Bonchev–Trinajstić information content (AvgIpc) is 2.59. The van der Waals surface area contributed by atoms with Gasteiger partial charge >= 0.3 is 0 Å². The molecule has 2 bridgehead atoms. The maximum Gasteiger partial charge on any atom is 0.201 e. The Kier molecular flexibility index (Phi) is 2.39. The van der Waals surface area contributed by atoms with Gasteiger partial charge in [-0.3, -0.25) is 0 Å². The molecule has 5 fully saturated rings. The van der Waals surface area contributed by atoms with Crippen LogP contribution in [0.4, 0.5) is 0 Å². The Hall–Kier alpha value is -0.160. The lowest BCUT2D eigenvalue weighted by molar-refractivity contribution is -0.564. The SMILES string of the molecule is C[C@@H]1CCC2CCO[C@@H]3OC4(C)CC[C@@H]1[C@@]23OO4. The summed E-state index contributed by atoms with van der Waals surface area (Å²) < 4.78 is 12.0. The molecule has 4 aliphatic heterocycles. The monoisotopic (exact) mass is 254 g/mol. The van der Waals surface area contributed by atoms with E-state index in [1.54, 1.807) is 0 Å². The normalized spacial score (nSPS) is 59.0. The number of fused-ring (bicyclic) bond motifs is 2. The van der Waals surface area contributed by atoms with Crippen molar-refractivity contribution in [3.63, 3.8) is 0 Å². The Morgan fingerprint density at radius 2 is 1.94 bits per heavy atom. The Morgan fingerprint density at radius 1 is 1.06 bits per heavy atom. The van der Waals surface area contributed by atoms with Crippen molar-refractivity contribution >= 4 is 0 Å². The summed E-state index contributed by atoms with van der Waals surface area (Å²) in [6.45, 7) is 5.10. The van der Waals surface area contributed by atoms with E-state index in [1.165, 1.54) is 12.8 Å². The van der Waals surface area contributed by atoms with Gasteiger partial charge in [-0.05, 0) is 50.4 Å². The van der Waals surface area contributed by atoms with Gasteiger partial charge in [0.15, 0.2) is 11.9 Å². The van der Waals surface area contributed by atoms with E-state index in [4.69, 9.17) is 19.2 Å². The summed E-state index contributed by atoms with van der Waals surface area (Å²) in [5.41, 5.74) is -0.341. The van der Waals surface area contributed by atoms with Gasteiger partial charge in [-0.15, -0.1) is 0 Å². The van der Waals surface area contributed by atoms with Crippen LogP contribution in [0.5, 0.6) is 0 Å². The summed E-state index contributed by atoms with van der Waals surface area (Å²) in [5, 5.41) is 0. The van der Waals surface area contributed by atoms with Crippen molar-refractivity contribution < 1.29 is 19.2 Å². The van der Waals surface area contributed by atoms with Crippen molar-refractivity contribution in [2.24, 2.45) is 17.8 Å². The highest BCUT2D eigenvalue weighted by atomic mass is 17.3. The molecular weight excluding hydrogens is 232 g/mol. The smallest absolute Gasteiger partial charge is 0.201 e. The van der Waals surface area contributed by atoms with Crippen LogP contribution in [0, 0.1) is 17.8 Å². The van der Waals surface area contributed by atoms with Crippen molar-refractivity contribution in [1.29, 1.82) is 0 Å². The first-order valence-electron chi connectivity index (χ1n) is 7.30. The summed E-state index contributed by atoms with van der Waals surface area (Å²) in [4.78, 5) is 11.6. The summed E-state index contributed by atoms with van der Waals surface area (Å²) in [5.74, 6) is 1.08. The Balaban J connectivity index is 1.80. The van der Waals surface area contributed by atoms with Crippen LogP contribution >= 0.6 is 0 Å². The lowest BCUT2D eigenvalue weighted by atomic mass is 9.61. The third-order valence-electron chi connectivity index (χ3n) is 5.61. The molecule has 4 heterocycles. The molecule has 4 saturated heterocycles. The molecule has 102 valence electrons. The zero-order chi connectivity index (χ0) is 12.4. The molecule has 4 nitrogen and oxygen atoms in total. The van der Waals surface area contributed by atoms with Crippen LogP contribution in [0.1, 0.15) is 46.0 Å². The molecule has 0 aromatic rings. The molecule has 0 N–H and O–H groups in total. The summed E-state index contributed by atoms with van der Waals surface area (Å²) in [6.07, 6.45) is 5.36. The zero-order valence-corrected chi connectivity index (χ0v) is 11.2. The van der Waals surface area contributed by atoms with Crippen LogP contribution < -0.4 is 0 Å². The predicted octanol–water partition coefficient (Wildman–Crippen LogP) is 2.62. The molecule has 1 spiro atoms. The van der Waals surface area contributed by atoms with Gasteiger partial charge in [-0.25, -0.2) is 9.78 Å². The Bertz CT molecular complexity index is 356. The van der Waals surface area contributed by atoms with Crippen molar-refractivity contribution in [2.75, 3.05) is 6.61 Å². The van der Waals surface area contributed by atoms with Gasteiger partial charge in [0.2, 0.25) is 5.79 Å². The second-order valence-electron chi connectivity index (χ2n) is 6.66. The fourth-order valence-electron chi connectivity index (χ4n) is 4.55. The van der Waals surface area contributed by atoms with Crippen molar-refractivity contribution in [3.8, 4) is 0 Å². The van der Waals surface area contributed by atoms with Gasteiger partial charge in [0, 0.05) is 6.42 Å². The maximum absolute atomic E-state index is 6.11. The molecule has 1 saturated carbocycles. The molecule has 5 rings (SSSR count). The summed E-state index contributed by atoms with van der Waals surface area (Å²) in [6, 6.07) is 0. The standard InChI is InChI=1S/C14H22O4/c1-9-3-4-10-6-8-15-12-14(10)11(9)5-7-13(2,16-12)17-18-14/h9-12H,3-8H2,1-2H3/t9-,10?,11+,12-,13?,14+/m1/s1. The molecule has 0 radical (unpaired) electrons. The zero-order valence-electron chi connectivity index (χ0n) is 11.2.